The average molecular weight is 286 g/mol. The van der Waals surface area contributed by atoms with Crippen LogP contribution in [0, 0.1) is 12.7 Å². The van der Waals surface area contributed by atoms with E-state index in [-0.39, 0.29) is 11.4 Å². The molecule has 108 valence electrons. The normalized spacial score (nSPS) is 11.3. The zero-order valence-electron chi connectivity index (χ0n) is 11.8. The summed E-state index contributed by atoms with van der Waals surface area (Å²) in [5.41, 5.74) is 2.18. The van der Waals surface area contributed by atoms with Crippen LogP contribution in [0.5, 0.6) is 5.75 Å². The molecule has 0 aliphatic heterocycles. The fourth-order valence-electron chi connectivity index (χ4n) is 2.05. The maximum atomic E-state index is 12.9. The van der Waals surface area contributed by atoms with Gasteiger partial charge in [0.25, 0.3) is 0 Å². The Balaban J connectivity index is 2.48. The van der Waals surface area contributed by atoms with Crippen molar-refractivity contribution in [1.29, 1.82) is 0 Å². The summed E-state index contributed by atoms with van der Waals surface area (Å²) in [6.45, 7) is 1.82. The van der Waals surface area contributed by atoms with Crippen molar-refractivity contribution in [2.24, 2.45) is 0 Å². The summed E-state index contributed by atoms with van der Waals surface area (Å²) in [6, 6.07) is 10.9. The van der Waals surface area contributed by atoms with Crippen LogP contribution in [0.1, 0.15) is 16.7 Å². The van der Waals surface area contributed by atoms with Gasteiger partial charge in [0, 0.05) is 0 Å². The Labute approximate surface area is 122 Å². The van der Waals surface area contributed by atoms with E-state index in [1.165, 1.54) is 30.3 Å². The third-order valence-corrected chi connectivity index (χ3v) is 3.14. The molecule has 0 radical (unpaired) electrons. The lowest BCUT2D eigenvalue weighted by molar-refractivity contribution is -0.130. The van der Waals surface area contributed by atoms with Crippen molar-refractivity contribution in [3.63, 3.8) is 0 Å². The van der Waals surface area contributed by atoms with E-state index < -0.39 is 5.97 Å². The number of halogens is 1. The molecule has 0 amide bonds. The number of carboxylic acid groups (broad SMARTS) is 1. The zero-order valence-corrected chi connectivity index (χ0v) is 11.8. The summed E-state index contributed by atoms with van der Waals surface area (Å²) in [6.07, 6.45) is 1.52. The Kier molecular flexibility index (Phi) is 4.38. The van der Waals surface area contributed by atoms with Gasteiger partial charge >= 0.3 is 5.97 Å². The third-order valence-electron chi connectivity index (χ3n) is 3.14. The van der Waals surface area contributed by atoms with Gasteiger partial charge in [-0.3, -0.25) is 0 Å². The van der Waals surface area contributed by atoms with Crippen molar-refractivity contribution in [3.05, 3.63) is 65.0 Å². The number of carbonyl (C=O) groups is 1. The molecule has 1 N–H and O–H groups in total. The smallest absolute Gasteiger partial charge is 0.336 e. The molecule has 4 heteroatoms. The highest BCUT2D eigenvalue weighted by Gasteiger charge is 2.13. The first kappa shape index (κ1) is 14.8. The minimum atomic E-state index is -1.03. The van der Waals surface area contributed by atoms with Gasteiger partial charge in [-0.15, -0.1) is 0 Å². The second-order valence-corrected chi connectivity index (χ2v) is 4.60. The Morgan fingerprint density at radius 2 is 1.86 bits per heavy atom. The molecule has 2 aromatic carbocycles. The first-order valence-electron chi connectivity index (χ1n) is 6.37. The number of ether oxygens (including phenoxy) is 1. The molecule has 2 aromatic rings. The predicted molar refractivity (Wildman–Crippen MR) is 79.6 cm³/mol. The largest absolute Gasteiger partial charge is 0.497 e. The molecule has 0 spiro atoms. The standard InChI is InChI=1S/C17H15FO3/c1-11-9-14(21-2)7-8-15(11)16(17(19)20)10-12-3-5-13(18)6-4-12/h3-10H,1-2H3,(H,19,20)/b16-10-. The van der Waals surface area contributed by atoms with Gasteiger partial charge in [-0.2, -0.15) is 0 Å². The van der Waals surface area contributed by atoms with Crippen LogP contribution in [0.3, 0.4) is 0 Å². The van der Waals surface area contributed by atoms with Crippen LogP contribution in [0.15, 0.2) is 42.5 Å². The Morgan fingerprint density at radius 3 is 2.38 bits per heavy atom. The van der Waals surface area contributed by atoms with E-state index in [1.807, 2.05) is 6.92 Å². The van der Waals surface area contributed by atoms with Gasteiger partial charge < -0.3 is 9.84 Å². The minimum Gasteiger partial charge on any atom is -0.497 e. The molecule has 0 saturated carbocycles. The van der Waals surface area contributed by atoms with Crippen molar-refractivity contribution in [2.45, 2.75) is 6.92 Å². The van der Waals surface area contributed by atoms with Gasteiger partial charge in [-0.1, -0.05) is 18.2 Å². The first-order valence-corrected chi connectivity index (χ1v) is 6.37. The second kappa shape index (κ2) is 6.22. The van der Waals surface area contributed by atoms with Crippen molar-refractivity contribution in [3.8, 4) is 5.75 Å². The topological polar surface area (TPSA) is 46.5 Å². The van der Waals surface area contributed by atoms with Gasteiger partial charge in [-0.25, -0.2) is 9.18 Å². The van der Waals surface area contributed by atoms with Crippen molar-refractivity contribution in [1.82, 2.24) is 0 Å². The number of methoxy groups -OCH3 is 1. The highest BCUT2D eigenvalue weighted by Crippen LogP contribution is 2.25. The molecule has 21 heavy (non-hydrogen) atoms. The minimum absolute atomic E-state index is 0.154. The highest BCUT2D eigenvalue weighted by atomic mass is 19.1. The molecular formula is C17H15FO3. The SMILES string of the molecule is COc1ccc(/C(=C/c2ccc(F)cc2)C(=O)O)c(C)c1. The molecule has 0 atom stereocenters. The fraction of sp³-hybridized carbons (Fsp3) is 0.118. The monoisotopic (exact) mass is 286 g/mol. The van der Waals surface area contributed by atoms with E-state index in [1.54, 1.807) is 25.3 Å². The average Bonchev–Trinajstić information content (AvgIpc) is 2.46. The highest BCUT2D eigenvalue weighted by molar-refractivity contribution is 6.21. The summed E-state index contributed by atoms with van der Waals surface area (Å²) < 4.78 is 18.0. The van der Waals surface area contributed by atoms with Crippen molar-refractivity contribution >= 4 is 17.6 Å². The number of hydrogen-bond acceptors (Lipinski definition) is 2. The van der Waals surface area contributed by atoms with Crippen LogP contribution >= 0.6 is 0 Å². The Hall–Kier alpha value is -2.62. The van der Waals surface area contributed by atoms with Gasteiger partial charge in [-0.05, 0) is 54.0 Å². The molecule has 0 unspecified atom stereocenters. The summed E-state index contributed by atoms with van der Waals surface area (Å²) in [4.78, 5) is 11.5. The van der Waals surface area contributed by atoms with E-state index >= 15 is 0 Å². The molecule has 0 saturated heterocycles. The molecular weight excluding hydrogens is 271 g/mol. The molecule has 0 aliphatic carbocycles. The lowest BCUT2D eigenvalue weighted by atomic mass is 9.98. The quantitative estimate of drug-likeness (QED) is 0.687. The number of rotatable bonds is 4. The molecule has 0 heterocycles. The van der Waals surface area contributed by atoms with Crippen LogP contribution in [0.25, 0.3) is 11.6 Å². The number of carboxylic acids is 1. The summed E-state index contributed by atoms with van der Waals surface area (Å²) in [5.74, 6) is -0.722. The molecule has 0 fully saturated rings. The Bertz CT molecular complexity index is 688. The maximum Gasteiger partial charge on any atom is 0.336 e. The van der Waals surface area contributed by atoms with Crippen LogP contribution in [-0.4, -0.2) is 18.2 Å². The zero-order chi connectivity index (χ0) is 15.4. The van der Waals surface area contributed by atoms with Gasteiger partial charge in [0.1, 0.15) is 11.6 Å². The summed E-state index contributed by atoms with van der Waals surface area (Å²) in [5, 5.41) is 9.42. The van der Waals surface area contributed by atoms with Crippen molar-refractivity contribution < 1.29 is 19.0 Å². The van der Waals surface area contributed by atoms with E-state index in [4.69, 9.17) is 4.74 Å². The number of benzene rings is 2. The van der Waals surface area contributed by atoms with Crippen LogP contribution in [0.2, 0.25) is 0 Å². The molecule has 0 bridgehead atoms. The predicted octanol–water partition coefficient (Wildman–Crippen LogP) is 3.77. The molecule has 3 nitrogen and oxygen atoms in total. The van der Waals surface area contributed by atoms with E-state index in [0.717, 1.165) is 5.56 Å². The van der Waals surface area contributed by atoms with Crippen molar-refractivity contribution in [2.75, 3.05) is 7.11 Å². The number of hydrogen-bond donors (Lipinski definition) is 1. The Morgan fingerprint density at radius 1 is 1.19 bits per heavy atom. The molecule has 2 rings (SSSR count). The van der Waals surface area contributed by atoms with Gasteiger partial charge in [0.15, 0.2) is 0 Å². The summed E-state index contributed by atoms with van der Waals surface area (Å²) in [7, 11) is 1.56. The summed E-state index contributed by atoms with van der Waals surface area (Å²) >= 11 is 0. The van der Waals surface area contributed by atoms with Crippen LogP contribution < -0.4 is 4.74 Å². The number of aryl methyl sites for hydroxylation is 1. The molecule has 0 aliphatic rings. The first-order chi connectivity index (χ1) is 10.0. The van der Waals surface area contributed by atoms with Crippen LogP contribution in [0.4, 0.5) is 4.39 Å². The lowest BCUT2D eigenvalue weighted by Gasteiger charge is -2.09. The van der Waals surface area contributed by atoms with E-state index in [2.05, 4.69) is 0 Å². The third kappa shape index (κ3) is 3.48. The fourth-order valence-corrected chi connectivity index (χ4v) is 2.05. The van der Waals surface area contributed by atoms with Gasteiger partial charge in [0.05, 0.1) is 12.7 Å². The lowest BCUT2D eigenvalue weighted by Crippen LogP contribution is -2.02. The van der Waals surface area contributed by atoms with E-state index in [0.29, 0.717) is 16.9 Å². The molecule has 0 aromatic heterocycles. The maximum absolute atomic E-state index is 12.9. The van der Waals surface area contributed by atoms with Crippen LogP contribution in [-0.2, 0) is 4.79 Å². The number of aliphatic carboxylic acids is 1. The second-order valence-electron chi connectivity index (χ2n) is 4.60. The van der Waals surface area contributed by atoms with Gasteiger partial charge in [0.2, 0.25) is 0 Å². The van der Waals surface area contributed by atoms with E-state index in [9.17, 15) is 14.3 Å².